The van der Waals surface area contributed by atoms with Crippen LogP contribution in [0.3, 0.4) is 0 Å². The van der Waals surface area contributed by atoms with E-state index < -0.39 is 0 Å². The van der Waals surface area contributed by atoms with Gasteiger partial charge in [-0.05, 0) is 29.8 Å². The van der Waals surface area contributed by atoms with Crippen molar-refractivity contribution in [2.24, 2.45) is 0 Å². The smallest absolute Gasteiger partial charge is 0.203 e. The minimum Gasteiger partial charge on any atom is -0.493 e. The first-order valence-corrected chi connectivity index (χ1v) is 7.00. The van der Waals surface area contributed by atoms with E-state index in [1.807, 2.05) is 6.07 Å². The molecule has 0 N–H and O–H groups in total. The SMILES string of the molecule is COc1cc(-c2coc3ccccc3c2=O)cc(OC)c1OC. The topological polar surface area (TPSA) is 57.9 Å². The van der Waals surface area contributed by atoms with Crippen LogP contribution in [0.4, 0.5) is 0 Å². The van der Waals surface area contributed by atoms with E-state index in [9.17, 15) is 4.79 Å². The Kier molecular flexibility index (Phi) is 3.93. The average molecular weight is 312 g/mol. The summed E-state index contributed by atoms with van der Waals surface area (Å²) in [4.78, 5) is 12.7. The molecule has 2 aromatic carbocycles. The standard InChI is InChI=1S/C18H16O5/c1-20-15-8-11(9-16(21-2)18(15)22-3)13-10-23-14-7-5-4-6-12(14)17(13)19/h4-10H,1-3H3. The lowest BCUT2D eigenvalue weighted by molar-refractivity contribution is 0.324. The second-order valence-corrected chi connectivity index (χ2v) is 4.89. The van der Waals surface area contributed by atoms with Crippen LogP contribution in [0.25, 0.3) is 22.1 Å². The molecule has 0 aliphatic rings. The number of hydrogen-bond acceptors (Lipinski definition) is 5. The molecule has 1 heterocycles. The van der Waals surface area contributed by atoms with Gasteiger partial charge in [-0.15, -0.1) is 0 Å². The van der Waals surface area contributed by atoms with Gasteiger partial charge in [0.05, 0.1) is 32.3 Å². The van der Waals surface area contributed by atoms with Crippen LogP contribution in [0, 0.1) is 0 Å². The van der Waals surface area contributed by atoms with E-state index >= 15 is 0 Å². The summed E-state index contributed by atoms with van der Waals surface area (Å²) in [6.45, 7) is 0. The van der Waals surface area contributed by atoms with Gasteiger partial charge in [0.1, 0.15) is 11.8 Å². The van der Waals surface area contributed by atoms with Crippen LogP contribution >= 0.6 is 0 Å². The second kappa shape index (κ2) is 6.04. The van der Waals surface area contributed by atoms with Crippen molar-refractivity contribution in [3.8, 4) is 28.4 Å². The number of rotatable bonds is 4. The van der Waals surface area contributed by atoms with Crippen LogP contribution < -0.4 is 19.6 Å². The zero-order chi connectivity index (χ0) is 16.4. The molecule has 1 aromatic heterocycles. The summed E-state index contributed by atoms with van der Waals surface area (Å²) >= 11 is 0. The summed E-state index contributed by atoms with van der Waals surface area (Å²) < 4.78 is 21.5. The number of fused-ring (bicyclic) bond motifs is 1. The molecule has 118 valence electrons. The fourth-order valence-electron chi connectivity index (χ4n) is 2.51. The molecule has 0 unspecified atom stereocenters. The van der Waals surface area contributed by atoms with Gasteiger partial charge in [0.2, 0.25) is 5.75 Å². The van der Waals surface area contributed by atoms with E-state index in [-0.39, 0.29) is 5.43 Å². The summed E-state index contributed by atoms with van der Waals surface area (Å²) in [6.07, 6.45) is 1.45. The third kappa shape index (κ3) is 2.50. The molecule has 5 nitrogen and oxygen atoms in total. The Bertz CT molecular complexity index is 886. The van der Waals surface area contributed by atoms with E-state index in [0.29, 0.717) is 39.3 Å². The Morgan fingerprint density at radius 1 is 0.913 bits per heavy atom. The van der Waals surface area contributed by atoms with Gasteiger partial charge in [0.25, 0.3) is 0 Å². The Labute approximate surface area is 133 Å². The molecule has 0 saturated heterocycles. The zero-order valence-corrected chi connectivity index (χ0v) is 13.1. The molecule has 0 aliphatic heterocycles. The average Bonchev–Trinajstić information content (AvgIpc) is 2.61. The van der Waals surface area contributed by atoms with E-state index in [1.54, 1.807) is 30.3 Å². The van der Waals surface area contributed by atoms with Crippen LogP contribution in [0.15, 0.2) is 51.9 Å². The Morgan fingerprint density at radius 3 is 2.17 bits per heavy atom. The van der Waals surface area contributed by atoms with E-state index in [2.05, 4.69) is 0 Å². The minimum atomic E-state index is -0.110. The fraction of sp³-hybridized carbons (Fsp3) is 0.167. The predicted molar refractivity (Wildman–Crippen MR) is 87.6 cm³/mol. The highest BCUT2D eigenvalue weighted by Crippen LogP contribution is 2.40. The number of hydrogen-bond donors (Lipinski definition) is 0. The molecule has 5 heteroatoms. The van der Waals surface area contributed by atoms with Crippen molar-refractivity contribution in [3.63, 3.8) is 0 Å². The molecular weight excluding hydrogens is 296 g/mol. The molecule has 23 heavy (non-hydrogen) atoms. The van der Waals surface area contributed by atoms with Gasteiger partial charge in [-0.25, -0.2) is 0 Å². The molecular formula is C18H16O5. The Hall–Kier alpha value is -2.95. The first-order chi connectivity index (χ1) is 11.2. The van der Waals surface area contributed by atoms with Crippen molar-refractivity contribution < 1.29 is 18.6 Å². The van der Waals surface area contributed by atoms with Crippen LogP contribution in [-0.4, -0.2) is 21.3 Å². The highest BCUT2D eigenvalue weighted by atomic mass is 16.5. The normalized spacial score (nSPS) is 10.6. The largest absolute Gasteiger partial charge is 0.493 e. The van der Waals surface area contributed by atoms with Gasteiger partial charge in [-0.3, -0.25) is 4.79 Å². The molecule has 0 atom stereocenters. The summed E-state index contributed by atoms with van der Waals surface area (Å²) in [5.41, 5.74) is 1.51. The minimum absolute atomic E-state index is 0.110. The lowest BCUT2D eigenvalue weighted by Gasteiger charge is -2.14. The van der Waals surface area contributed by atoms with Crippen LogP contribution in [-0.2, 0) is 0 Å². The fourth-order valence-corrected chi connectivity index (χ4v) is 2.51. The predicted octanol–water partition coefficient (Wildman–Crippen LogP) is 3.49. The van der Waals surface area contributed by atoms with Crippen LogP contribution in [0.5, 0.6) is 17.2 Å². The van der Waals surface area contributed by atoms with Crippen molar-refractivity contribution in [1.29, 1.82) is 0 Å². The van der Waals surface area contributed by atoms with Crippen molar-refractivity contribution in [2.75, 3.05) is 21.3 Å². The second-order valence-electron chi connectivity index (χ2n) is 4.89. The Morgan fingerprint density at radius 2 is 1.57 bits per heavy atom. The highest BCUT2D eigenvalue weighted by Gasteiger charge is 2.16. The first kappa shape index (κ1) is 15.0. The van der Waals surface area contributed by atoms with Gasteiger partial charge in [0, 0.05) is 0 Å². The maximum Gasteiger partial charge on any atom is 0.203 e. The molecule has 0 saturated carbocycles. The highest BCUT2D eigenvalue weighted by molar-refractivity contribution is 5.82. The molecule has 0 amide bonds. The molecule has 0 radical (unpaired) electrons. The monoisotopic (exact) mass is 312 g/mol. The van der Waals surface area contributed by atoms with Gasteiger partial charge in [-0.1, -0.05) is 12.1 Å². The molecule has 0 fully saturated rings. The van der Waals surface area contributed by atoms with E-state index in [4.69, 9.17) is 18.6 Å². The number of benzene rings is 2. The van der Waals surface area contributed by atoms with Crippen molar-refractivity contribution in [3.05, 3.63) is 52.9 Å². The van der Waals surface area contributed by atoms with Crippen molar-refractivity contribution >= 4 is 11.0 Å². The van der Waals surface area contributed by atoms with Gasteiger partial charge in [0.15, 0.2) is 16.9 Å². The van der Waals surface area contributed by atoms with Crippen LogP contribution in [0.2, 0.25) is 0 Å². The van der Waals surface area contributed by atoms with Crippen molar-refractivity contribution in [2.45, 2.75) is 0 Å². The lowest BCUT2D eigenvalue weighted by Crippen LogP contribution is -2.05. The summed E-state index contributed by atoms with van der Waals surface area (Å²) in [6, 6.07) is 10.6. The molecule has 0 aliphatic carbocycles. The number of para-hydroxylation sites is 1. The third-order valence-electron chi connectivity index (χ3n) is 3.66. The molecule has 0 spiro atoms. The summed E-state index contributed by atoms with van der Waals surface area (Å²) in [7, 11) is 4.60. The van der Waals surface area contributed by atoms with Gasteiger partial charge in [-0.2, -0.15) is 0 Å². The maximum atomic E-state index is 12.7. The number of ether oxygens (including phenoxy) is 3. The molecule has 3 aromatic rings. The van der Waals surface area contributed by atoms with E-state index in [0.717, 1.165) is 0 Å². The number of methoxy groups -OCH3 is 3. The first-order valence-electron chi connectivity index (χ1n) is 7.00. The quantitative estimate of drug-likeness (QED) is 0.738. The van der Waals surface area contributed by atoms with Crippen molar-refractivity contribution in [1.82, 2.24) is 0 Å². The summed E-state index contributed by atoms with van der Waals surface area (Å²) in [5.74, 6) is 1.44. The summed E-state index contributed by atoms with van der Waals surface area (Å²) in [5, 5.41) is 0.527. The third-order valence-corrected chi connectivity index (χ3v) is 3.66. The molecule has 3 rings (SSSR count). The zero-order valence-electron chi connectivity index (χ0n) is 13.1. The van der Waals surface area contributed by atoms with E-state index in [1.165, 1.54) is 27.6 Å². The molecule has 0 bridgehead atoms. The lowest BCUT2D eigenvalue weighted by atomic mass is 10.0. The van der Waals surface area contributed by atoms with Gasteiger partial charge < -0.3 is 18.6 Å². The van der Waals surface area contributed by atoms with Gasteiger partial charge >= 0.3 is 0 Å². The van der Waals surface area contributed by atoms with Crippen LogP contribution in [0.1, 0.15) is 0 Å². The Balaban J connectivity index is 2.27. The maximum absolute atomic E-state index is 12.7.